The molecule has 6 nitrogen and oxygen atoms in total. The van der Waals surface area contributed by atoms with Crippen LogP contribution in [0.4, 0.5) is 0 Å². The highest BCUT2D eigenvalue weighted by Crippen LogP contribution is 2.27. The molecule has 1 atom stereocenters. The molecule has 37 heavy (non-hydrogen) atoms. The van der Waals surface area contributed by atoms with E-state index >= 15 is 0 Å². The number of rotatable bonds is 10. The van der Waals surface area contributed by atoms with E-state index in [0.29, 0.717) is 21.4 Å². The van der Waals surface area contributed by atoms with Crippen LogP contribution in [0.25, 0.3) is 0 Å². The molecule has 0 saturated carbocycles. The number of hydrogen-bond donors (Lipinski definition) is 1. The van der Waals surface area contributed by atoms with E-state index < -0.39 is 6.04 Å². The fraction of sp³-hybridized carbons (Fsp3) is 0.138. The van der Waals surface area contributed by atoms with Crippen LogP contribution < -0.4 is 10.1 Å². The highest BCUT2D eigenvalue weighted by molar-refractivity contribution is 6.32. The molecule has 0 bridgehead atoms. The lowest BCUT2D eigenvalue weighted by Gasteiger charge is -2.31. The molecule has 1 N–H and O–H groups in total. The van der Waals surface area contributed by atoms with Gasteiger partial charge in [-0.05, 0) is 47.0 Å². The molecule has 1 unspecified atom stereocenters. The van der Waals surface area contributed by atoms with Crippen molar-refractivity contribution >= 4 is 35.0 Å². The van der Waals surface area contributed by atoms with Gasteiger partial charge >= 0.3 is 0 Å². The van der Waals surface area contributed by atoms with Gasteiger partial charge in [0, 0.05) is 30.5 Å². The Bertz CT molecular complexity index is 1320. The molecular weight excluding hydrogens is 509 g/mol. The first kappa shape index (κ1) is 26.2. The van der Waals surface area contributed by atoms with Crippen LogP contribution in [0.15, 0.2) is 103 Å². The molecule has 0 aliphatic heterocycles. The third-order valence-corrected chi connectivity index (χ3v) is 6.20. The fourth-order valence-electron chi connectivity index (χ4n) is 3.79. The number of hydrogen-bond acceptors (Lipinski definition) is 4. The molecule has 4 rings (SSSR count). The summed E-state index contributed by atoms with van der Waals surface area (Å²) in [6.07, 6.45) is 3.36. The molecule has 2 amide bonds. The maximum Gasteiger partial charge on any atom is 0.261 e. The number of aromatic nitrogens is 1. The van der Waals surface area contributed by atoms with Gasteiger partial charge in [-0.1, -0.05) is 83.9 Å². The monoisotopic (exact) mass is 533 g/mol. The molecule has 0 aliphatic carbocycles. The van der Waals surface area contributed by atoms with E-state index in [9.17, 15) is 9.59 Å². The number of amides is 2. The quantitative estimate of drug-likeness (QED) is 0.277. The number of carbonyl (C=O) groups excluding carboxylic acids is 2. The summed E-state index contributed by atoms with van der Waals surface area (Å²) < 4.78 is 5.75. The molecule has 0 saturated heterocycles. The van der Waals surface area contributed by atoms with E-state index in [1.807, 2.05) is 48.5 Å². The SMILES string of the molecule is O=C(NCc1cccnc1)C(c1ccccc1)N(Cc1ccc(Cl)cc1)C(=O)COc1ccccc1Cl. The van der Waals surface area contributed by atoms with Crippen LogP contribution in [0.3, 0.4) is 0 Å². The summed E-state index contributed by atoms with van der Waals surface area (Å²) in [7, 11) is 0. The van der Waals surface area contributed by atoms with Crippen molar-refractivity contribution in [3.63, 3.8) is 0 Å². The summed E-state index contributed by atoms with van der Waals surface area (Å²) in [6, 6.07) is 26.0. The molecule has 4 aromatic rings. The Hall–Kier alpha value is -3.87. The van der Waals surface area contributed by atoms with Gasteiger partial charge in [-0.2, -0.15) is 0 Å². The van der Waals surface area contributed by atoms with Crippen molar-refractivity contribution in [3.8, 4) is 5.75 Å². The van der Waals surface area contributed by atoms with Gasteiger partial charge < -0.3 is 15.0 Å². The lowest BCUT2D eigenvalue weighted by atomic mass is 10.0. The lowest BCUT2D eigenvalue weighted by molar-refractivity contribution is -0.143. The number of ether oxygens (including phenoxy) is 1. The molecule has 0 fully saturated rings. The summed E-state index contributed by atoms with van der Waals surface area (Å²) in [5.74, 6) is -0.309. The van der Waals surface area contributed by atoms with Crippen LogP contribution in [-0.2, 0) is 22.7 Å². The maximum absolute atomic E-state index is 13.6. The third kappa shape index (κ3) is 7.32. The second-order valence-corrected chi connectivity index (χ2v) is 9.10. The summed E-state index contributed by atoms with van der Waals surface area (Å²) in [5, 5.41) is 3.93. The van der Waals surface area contributed by atoms with Crippen LogP contribution in [-0.4, -0.2) is 28.3 Å². The first-order valence-corrected chi connectivity index (χ1v) is 12.4. The predicted molar refractivity (Wildman–Crippen MR) is 144 cm³/mol. The van der Waals surface area contributed by atoms with Crippen LogP contribution in [0.1, 0.15) is 22.7 Å². The van der Waals surface area contributed by atoms with E-state index in [2.05, 4.69) is 10.3 Å². The lowest BCUT2D eigenvalue weighted by Crippen LogP contribution is -2.45. The number of carbonyl (C=O) groups is 2. The Morgan fingerprint density at radius 1 is 0.865 bits per heavy atom. The van der Waals surface area contributed by atoms with E-state index in [0.717, 1.165) is 11.1 Å². The van der Waals surface area contributed by atoms with E-state index in [4.69, 9.17) is 27.9 Å². The zero-order chi connectivity index (χ0) is 26.0. The standard InChI is InChI=1S/C29H25Cl2N3O3/c30-24-14-12-21(13-15-24)19-34(27(35)20-37-26-11-5-4-10-25(26)31)28(23-8-2-1-3-9-23)29(36)33-18-22-7-6-16-32-17-22/h1-17,28H,18-20H2,(H,33,36). The highest BCUT2D eigenvalue weighted by Gasteiger charge is 2.32. The zero-order valence-corrected chi connectivity index (χ0v) is 21.4. The van der Waals surface area contributed by atoms with Crippen LogP contribution in [0, 0.1) is 0 Å². The van der Waals surface area contributed by atoms with Crippen LogP contribution in [0.2, 0.25) is 10.0 Å². The second-order valence-electron chi connectivity index (χ2n) is 8.26. The molecule has 0 spiro atoms. The van der Waals surface area contributed by atoms with Crippen molar-refractivity contribution in [2.45, 2.75) is 19.1 Å². The Morgan fingerprint density at radius 2 is 1.59 bits per heavy atom. The van der Waals surface area contributed by atoms with Crippen LogP contribution in [0.5, 0.6) is 5.75 Å². The minimum Gasteiger partial charge on any atom is -0.482 e. The molecule has 0 radical (unpaired) electrons. The Morgan fingerprint density at radius 3 is 2.30 bits per heavy atom. The van der Waals surface area contributed by atoms with E-state index in [1.54, 1.807) is 54.9 Å². The number of nitrogens with zero attached hydrogens (tertiary/aromatic N) is 2. The van der Waals surface area contributed by atoms with Crippen molar-refractivity contribution < 1.29 is 14.3 Å². The van der Waals surface area contributed by atoms with Gasteiger partial charge in [-0.15, -0.1) is 0 Å². The summed E-state index contributed by atoms with van der Waals surface area (Å²) in [5.41, 5.74) is 2.34. The predicted octanol–water partition coefficient (Wildman–Crippen LogP) is 5.85. The molecular formula is C29H25Cl2N3O3. The Labute approximate surface area is 225 Å². The van der Waals surface area contributed by atoms with Gasteiger partial charge in [-0.25, -0.2) is 0 Å². The minimum atomic E-state index is -0.907. The Kier molecular flexibility index (Phi) is 9.13. The largest absolute Gasteiger partial charge is 0.482 e. The second kappa shape index (κ2) is 12.9. The van der Waals surface area contributed by atoms with Crippen molar-refractivity contribution in [2.24, 2.45) is 0 Å². The number of benzene rings is 3. The Balaban J connectivity index is 1.63. The highest BCUT2D eigenvalue weighted by atomic mass is 35.5. The number of para-hydroxylation sites is 1. The van der Waals surface area contributed by atoms with Gasteiger partial charge in [0.25, 0.3) is 5.91 Å². The molecule has 3 aromatic carbocycles. The topological polar surface area (TPSA) is 71.5 Å². The smallest absolute Gasteiger partial charge is 0.261 e. The van der Waals surface area contributed by atoms with Crippen molar-refractivity contribution in [3.05, 3.63) is 130 Å². The first-order chi connectivity index (χ1) is 18.0. The zero-order valence-electron chi connectivity index (χ0n) is 19.9. The number of nitrogens with one attached hydrogen (secondary N) is 1. The summed E-state index contributed by atoms with van der Waals surface area (Å²) in [6.45, 7) is 0.146. The van der Waals surface area contributed by atoms with E-state index in [1.165, 1.54) is 4.90 Å². The average Bonchev–Trinajstić information content (AvgIpc) is 2.93. The minimum absolute atomic E-state index is 0.168. The fourth-order valence-corrected chi connectivity index (χ4v) is 4.11. The van der Waals surface area contributed by atoms with Crippen molar-refractivity contribution in [2.75, 3.05) is 6.61 Å². The molecule has 0 aliphatic rings. The maximum atomic E-state index is 13.6. The molecule has 1 heterocycles. The van der Waals surface area contributed by atoms with Gasteiger partial charge in [0.05, 0.1) is 5.02 Å². The average molecular weight is 534 g/mol. The molecule has 8 heteroatoms. The third-order valence-electron chi connectivity index (χ3n) is 5.64. The van der Waals surface area contributed by atoms with E-state index in [-0.39, 0.29) is 31.5 Å². The van der Waals surface area contributed by atoms with Gasteiger partial charge in [0.2, 0.25) is 5.91 Å². The van der Waals surface area contributed by atoms with Gasteiger partial charge in [-0.3, -0.25) is 14.6 Å². The molecule has 1 aromatic heterocycles. The number of halogens is 2. The van der Waals surface area contributed by atoms with Crippen molar-refractivity contribution in [1.29, 1.82) is 0 Å². The van der Waals surface area contributed by atoms with Crippen LogP contribution >= 0.6 is 23.2 Å². The van der Waals surface area contributed by atoms with Gasteiger partial charge in [0.15, 0.2) is 6.61 Å². The summed E-state index contributed by atoms with van der Waals surface area (Å²) in [4.78, 5) is 32.9. The van der Waals surface area contributed by atoms with Gasteiger partial charge in [0.1, 0.15) is 11.8 Å². The first-order valence-electron chi connectivity index (χ1n) is 11.6. The molecule has 188 valence electrons. The van der Waals surface area contributed by atoms with Crippen molar-refractivity contribution in [1.82, 2.24) is 15.2 Å². The normalized spacial score (nSPS) is 11.4. The summed E-state index contributed by atoms with van der Waals surface area (Å²) >= 11 is 12.3. The number of pyridine rings is 1.